The molecule has 98 valence electrons. The molecule has 0 bridgehead atoms. The van der Waals surface area contributed by atoms with Crippen LogP contribution in [0.3, 0.4) is 0 Å². The predicted octanol–water partition coefficient (Wildman–Crippen LogP) is 1.43. The first-order valence-corrected chi connectivity index (χ1v) is 5.50. The van der Waals surface area contributed by atoms with Crippen molar-refractivity contribution in [1.29, 1.82) is 0 Å². The first kappa shape index (κ1) is 14.2. The van der Waals surface area contributed by atoms with E-state index in [1.807, 2.05) is 6.07 Å². The highest BCUT2D eigenvalue weighted by Gasteiger charge is 2.29. The van der Waals surface area contributed by atoms with Gasteiger partial charge in [-0.05, 0) is 31.5 Å². The van der Waals surface area contributed by atoms with Crippen molar-refractivity contribution in [1.82, 2.24) is 5.32 Å². The summed E-state index contributed by atoms with van der Waals surface area (Å²) in [5.41, 5.74) is -0.0221. The SMILES string of the molecule is COCc1cccc(C(=O)NC(C)(C)C(=O)O)c1. The van der Waals surface area contributed by atoms with Crippen LogP contribution in [0, 0.1) is 0 Å². The minimum atomic E-state index is -1.30. The van der Waals surface area contributed by atoms with Crippen molar-refractivity contribution in [2.75, 3.05) is 7.11 Å². The molecule has 0 atom stereocenters. The topological polar surface area (TPSA) is 75.6 Å². The molecule has 0 heterocycles. The second-order valence-corrected chi connectivity index (χ2v) is 4.52. The van der Waals surface area contributed by atoms with Gasteiger partial charge in [0.25, 0.3) is 5.91 Å². The van der Waals surface area contributed by atoms with Gasteiger partial charge in [-0.2, -0.15) is 0 Å². The molecule has 18 heavy (non-hydrogen) atoms. The number of amides is 1. The standard InChI is InChI=1S/C13H17NO4/c1-13(2,12(16)17)14-11(15)10-6-4-5-9(7-10)8-18-3/h4-7H,8H2,1-3H3,(H,14,15)(H,16,17). The third-order valence-corrected chi connectivity index (χ3v) is 2.46. The molecule has 1 aromatic carbocycles. The van der Waals surface area contributed by atoms with Gasteiger partial charge in [0, 0.05) is 12.7 Å². The van der Waals surface area contributed by atoms with E-state index in [1.54, 1.807) is 25.3 Å². The summed E-state index contributed by atoms with van der Waals surface area (Å²) < 4.78 is 4.98. The van der Waals surface area contributed by atoms with E-state index in [9.17, 15) is 9.59 Å². The van der Waals surface area contributed by atoms with Crippen LogP contribution in [0.5, 0.6) is 0 Å². The van der Waals surface area contributed by atoms with Crippen LogP contribution in [-0.4, -0.2) is 29.6 Å². The number of benzene rings is 1. The van der Waals surface area contributed by atoms with Gasteiger partial charge in [-0.3, -0.25) is 4.79 Å². The van der Waals surface area contributed by atoms with E-state index in [0.717, 1.165) is 5.56 Å². The quantitative estimate of drug-likeness (QED) is 0.830. The molecule has 0 aliphatic rings. The highest BCUT2D eigenvalue weighted by molar-refractivity contribution is 5.97. The molecule has 1 amide bonds. The van der Waals surface area contributed by atoms with Crippen molar-refractivity contribution in [3.63, 3.8) is 0 Å². The molecule has 0 spiro atoms. The number of ether oxygens (including phenoxy) is 1. The van der Waals surface area contributed by atoms with Gasteiger partial charge in [0.2, 0.25) is 0 Å². The molecule has 0 aliphatic heterocycles. The monoisotopic (exact) mass is 251 g/mol. The average molecular weight is 251 g/mol. The zero-order chi connectivity index (χ0) is 13.8. The largest absolute Gasteiger partial charge is 0.480 e. The van der Waals surface area contributed by atoms with Crippen LogP contribution in [0.25, 0.3) is 0 Å². The normalized spacial score (nSPS) is 11.1. The van der Waals surface area contributed by atoms with Gasteiger partial charge in [-0.15, -0.1) is 0 Å². The number of hydrogen-bond donors (Lipinski definition) is 2. The number of carbonyl (C=O) groups is 2. The lowest BCUT2D eigenvalue weighted by molar-refractivity contribution is -0.143. The first-order valence-electron chi connectivity index (χ1n) is 5.50. The Hall–Kier alpha value is -1.88. The van der Waals surface area contributed by atoms with Gasteiger partial charge in [0.15, 0.2) is 0 Å². The maximum Gasteiger partial charge on any atom is 0.328 e. The molecule has 0 saturated carbocycles. The summed E-state index contributed by atoms with van der Waals surface area (Å²) in [4.78, 5) is 22.8. The van der Waals surface area contributed by atoms with Crippen molar-refractivity contribution in [2.24, 2.45) is 0 Å². The van der Waals surface area contributed by atoms with Crippen molar-refractivity contribution >= 4 is 11.9 Å². The van der Waals surface area contributed by atoms with Gasteiger partial charge in [0.05, 0.1) is 6.61 Å². The van der Waals surface area contributed by atoms with E-state index in [0.29, 0.717) is 12.2 Å². The number of aliphatic carboxylic acids is 1. The molecule has 0 radical (unpaired) electrons. The summed E-state index contributed by atoms with van der Waals surface area (Å²) in [7, 11) is 1.57. The zero-order valence-electron chi connectivity index (χ0n) is 10.7. The highest BCUT2D eigenvalue weighted by Crippen LogP contribution is 2.09. The number of carbonyl (C=O) groups excluding carboxylic acids is 1. The zero-order valence-corrected chi connectivity index (χ0v) is 10.7. The third-order valence-electron chi connectivity index (χ3n) is 2.46. The molecule has 0 fully saturated rings. The van der Waals surface area contributed by atoms with Crippen LogP contribution in [0.4, 0.5) is 0 Å². The van der Waals surface area contributed by atoms with Crippen molar-refractivity contribution in [3.8, 4) is 0 Å². The summed E-state index contributed by atoms with van der Waals surface area (Å²) in [6.07, 6.45) is 0. The Kier molecular flexibility index (Phi) is 4.44. The number of hydrogen-bond acceptors (Lipinski definition) is 3. The molecular formula is C13H17NO4. The molecule has 2 N–H and O–H groups in total. The van der Waals surface area contributed by atoms with E-state index in [1.165, 1.54) is 13.8 Å². The highest BCUT2D eigenvalue weighted by atomic mass is 16.5. The molecule has 0 unspecified atom stereocenters. The summed E-state index contributed by atoms with van der Waals surface area (Å²) >= 11 is 0. The maximum absolute atomic E-state index is 11.9. The van der Waals surface area contributed by atoms with E-state index >= 15 is 0 Å². The van der Waals surface area contributed by atoms with Crippen LogP contribution in [0.1, 0.15) is 29.8 Å². The lowest BCUT2D eigenvalue weighted by Gasteiger charge is -2.21. The summed E-state index contributed by atoms with van der Waals surface area (Å²) in [6, 6.07) is 6.88. The van der Waals surface area contributed by atoms with Crippen molar-refractivity contribution < 1.29 is 19.4 Å². The fourth-order valence-electron chi connectivity index (χ4n) is 1.38. The molecular weight excluding hydrogens is 234 g/mol. The van der Waals surface area contributed by atoms with Crippen LogP contribution < -0.4 is 5.32 Å². The Morgan fingerprint density at radius 1 is 1.39 bits per heavy atom. The Morgan fingerprint density at radius 2 is 2.06 bits per heavy atom. The van der Waals surface area contributed by atoms with Gasteiger partial charge < -0.3 is 15.2 Å². The van der Waals surface area contributed by atoms with E-state index in [-0.39, 0.29) is 0 Å². The predicted molar refractivity (Wildman–Crippen MR) is 66.3 cm³/mol. The fraction of sp³-hybridized carbons (Fsp3) is 0.385. The second-order valence-electron chi connectivity index (χ2n) is 4.52. The summed E-state index contributed by atoms with van der Waals surface area (Å²) in [5.74, 6) is -1.50. The third kappa shape index (κ3) is 3.56. The lowest BCUT2D eigenvalue weighted by Crippen LogP contribution is -2.49. The van der Waals surface area contributed by atoms with E-state index in [2.05, 4.69) is 5.32 Å². The van der Waals surface area contributed by atoms with Crippen molar-refractivity contribution in [3.05, 3.63) is 35.4 Å². The molecule has 5 heteroatoms. The van der Waals surface area contributed by atoms with Crippen molar-refractivity contribution in [2.45, 2.75) is 26.0 Å². The molecule has 0 aliphatic carbocycles. The maximum atomic E-state index is 11.9. The van der Waals surface area contributed by atoms with E-state index in [4.69, 9.17) is 9.84 Å². The van der Waals surface area contributed by atoms with Crippen LogP contribution in [0.2, 0.25) is 0 Å². The minimum absolute atomic E-state index is 0.406. The summed E-state index contributed by atoms with van der Waals surface area (Å²) in [5, 5.41) is 11.4. The molecule has 0 aromatic heterocycles. The number of rotatable bonds is 5. The summed E-state index contributed by atoms with van der Waals surface area (Å²) in [6.45, 7) is 3.28. The number of methoxy groups -OCH3 is 1. The Labute approximate surface area is 106 Å². The molecule has 1 rings (SSSR count). The Balaban J connectivity index is 2.84. The minimum Gasteiger partial charge on any atom is -0.480 e. The Bertz CT molecular complexity index is 454. The van der Waals surface area contributed by atoms with Gasteiger partial charge in [-0.25, -0.2) is 4.79 Å². The average Bonchev–Trinajstić information content (AvgIpc) is 2.29. The Morgan fingerprint density at radius 3 is 2.61 bits per heavy atom. The lowest BCUT2D eigenvalue weighted by atomic mass is 10.0. The first-order chi connectivity index (χ1) is 8.36. The number of carboxylic acids is 1. The fourth-order valence-corrected chi connectivity index (χ4v) is 1.38. The molecule has 5 nitrogen and oxygen atoms in total. The van der Waals surface area contributed by atoms with E-state index < -0.39 is 17.4 Å². The number of nitrogens with one attached hydrogen (secondary N) is 1. The van der Waals surface area contributed by atoms with Crippen LogP contribution in [0.15, 0.2) is 24.3 Å². The van der Waals surface area contributed by atoms with Crippen LogP contribution >= 0.6 is 0 Å². The van der Waals surface area contributed by atoms with Crippen LogP contribution in [-0.2, 0) is 16.1 Å². The molecule has 1 aromatic rings. The molecule has 0 saturated heterocycles. The van der Waals surface area contributed by atoms with Gasteiger partial charge in [0.1, 0.15) is 5.54 Å². The van der Waals surface area contributed by atoms with Gasteiger partial charge in [-0.1, -0.05) is 12.1 Å². The number of carboxylic acid groups (broad SMARTS) is 1. The second kappa shape index (κ2) is 5.64. The smallest absolute Gasteiger partial charge is 0.328 e. The van der Waals surface area contributed by atoms with Gasteiger partial charge >= 0.3 is 5.97 Å².